The van der Waals surface area contributed by atoms with Gasteiger partial charge in [0, 0.05) is 13.7 Å². The number of hydrogen-bond acceptors (Lipinski definition) is 6. The number of carbonyl (C=O) groups excluding carboxylic acids is 1. The Morgan fingerprint density at radius 1 is 1.25 bits per heavy atom. The van der Waals surface area contributed by atoms with Crippen LogP contribution in [0.4, 0.5) is 0 Å². The van der Waals surface area contributed by atoms with Crippen molar-refractivity contribution in [2.45, 2.75) is 31.2 Å². The highest BCUT2D eigenvalue weighted by Crippen LogP contribution is 2.40. The molecular formula is C20H29NO6S. The van der Waals surface area contributed by atoms with E-state index in [9.17, 15) is 13.2 Å². The molecule has 0 radical (unpaired) electrons. The van der Waals surface area contributed by atoms with Crippen molar-refractivity contribution in [1.82, 2.24) is 4.31 Å². The molecule has 2 rings (SSSR count). The van der Waals surface area contributed by atoms with Gasteiger partial charge in [-0.1, -0.05) is 29.8 Å². The number of methoxy groups -OCH3 is 2. The van der Waals surface area contributed by atoms with E-state index in [0.717, 1.165) is 11.1 Å². The fourth-order valence-corrected chi connectivity index (χ4v) is 5.28. The highest BCUT2D eigenvalue weighted by molar-refractivity contribution is 7.89. The lowest BCUT2D eigenvalue weighted by Crippen LogP contribution is -2.41. The fourth-order valence-electron chi connectivity index (χ4n) is 3.60. The Morgan fingerprint density at radius 3 is 2.43 bits per heavy atom. The van der Waals surface area contributed by atoms with Gasteiger partial charge in [-0.2, -0.15) is 4.31 Å². The molecule has 3 atom stereocenters. The first-order chi connectivity index (χ1) is 13.2. The second-order valence-corrected chi connectivity index (χ2v) is 9.02. The number of nitrogens with zero attached hydrogens (tertiary/aromatic N) is 1. The van der Waals surface area contributed by atoms with Crippen molar-refractivity contribution in [2.24, 2.45) is 11.8 Å². The lowest BCUT2D eigenvalue weighted by atomic mass is 9.84. The van der Waals surface area contributed by atoms with Crippen LogP contribution < -0.4 is 0 Å². The predicted octanol–water partition coefficient (Wildman–Crippen LogP) is 2.36. The minimum absolute atomic E-state index is 0.0393. The molecular weight excluding hydrogens is 382 g/mol. The molecule has 1 heterocycles. The number of carbonyl (C=O) groups is 1. The zero-order chi connectivity index (χ0) is 20.9. The monoisotopic (exact) mass is 411 g/mol. The summed E-state index contributed by atoms with van der Waals surface area (Å²) in [5, 5.41) is 0. The molecule has 28 heavy (non-hydrogen) atoms. The third-order valence-electron chi connectivity index (χ3n) is 5.14. The third-order valence-corrected chi connectivity index (χ3v) is 7.04. The van der Waals surface area contributed by atoms with E-state index in [4.69, 9.17) is 14.2 Å². The highest BCUT2D eigenvalue weighted by Gasteiger charge is 2.48. The Bertz CT molecular complexity index is 789. The molecule has 1 aromatic rings. The molecule has 1 aromatic carbocycles. The molecule has 1 aliphatic rings. The van der Waals surface area contributed by atoms with Gasteiger partial charge in [0.1, 0.15) is 6.79 Å². The quantitative estimate of drug-likeness (QED) is 0.269. The van der Waals surface area contributed by atoms with Gasteiger partial charge < -0.3 is 14.2 Å². The third kappa shape index (κ3) is 5.00. The largest absolute Gasteiger partial charge is 0.469 e. The van der Waals surface area contributed by atoms with Crippen molar-refractivity contribution in [3.05, 3.63) is 42.0 Å². The number of aryl methyl sites for hydroxylation is 1. The summed E-state index contributed by atoms with van der Waals surface area (Å²) < 4.78 is 43.4. The standard InChI is InChI=1S/C20H29NO6S/c1-14(2)18-11-21(28(23,24)16-8-6-15(3)7-9-16)19(12-27-13-25-4)17(18)10-20(22)26-5/h6-9,17-19H,1,10-13H2,2-5H3/t17-,18+,19+/m0/s1. The SMILES string of the molecule is C=C(C)[C@H]1CN(S(=O)(=O)c2ccc(C)cc2)[C@H](COCOC)[C@H]1CC(=O)OC. The lowest BCUT2D eigenvalue weighted by Gasteiger charge is -2.27. The van der Waals surface area contributed by atoms with Gasteiger partial charge in [0.05, 0.1) is 31.1 Å². The minimum Gasteiger partial charge on any atom is -0.469 e. The molecule has 0 amide bonds. The van der Waals surface area contributed by atoms with Crippen molar-refractivity contribution >= 4 is 16.0 Å². The second kappa shape index (κ2) is 9.65. The van der Waals surface area contributed by atoms with Crippen LogP contribution in [-0.4, -0.2) is 58.9 Å². The first-order valence-corrected chi connectivity index (χ1v) is 10.5. The Kier molecular flexibility index (Phi) is 7.77. The van der Waals surface area contributed by atoms with Crippen molar-refractivity contribution in [2.75, 3.05) is 34.2 Å². The van der Waals surface area contributed by atoms with Crippen LogP contribution in [0.5, 0.6) is 0 Å². The smallest absolute Gasteiger partial charge is 0.305 e. The molecule has 0 saturated carbocycles. The van der Waals surface area contributed by atoms with Crippen LogP contribution in [0.2, 0.25) is 0 Å². The Hall–Kier alpha value is -1.74. The summed E-state index contributed by atoms with van der Waals surface area (Å²) in [5.74, 6) is -0.847. The van der Waals surface area contributed by atoms with E-state index in [1.807, 2.05) is 13.8 Å². The molecule has 0 N–H and O–H groups in total. The van der Waals surface area contributed by atoms with Gasteiger partial charge in [-0.25, -0.2) is 8.42 Å². The van der Waals surface area contributed by atoms with E-state index >= 15 is 0 Å². The van der Waals surface area contributed by atoms with Gasteiger partial charge in [0.25, 0.3) is 0 Å². The predicted molar refractivity (Wildman–Crippen MR) is 105 cm³/mol. The maximum absolute atomic E-state index is 13.4. The molecule has 1 fully saturated rings. The van der Waals surface area contributed by atoms with E-state index in [1.54, 1.807) is 24.3 Å². The van der Waals surface area contributed by atoms with Crippen LogP contribution >= 0.6 is 0 Å². The van der Waals surface area contributed by atoms with E-state index < -0.39 is 16.1 Å². The molecule has 0 unspecified atom stereocenters. The summed E-state index contributed by atoms with van der Waals surface area (Å²) in [7, 11) is -0.943. The molecule has 156 valence electrons. The molecule has 0 spiro atoms. The van der Waals surface area contributed by atoms with E-state index in [2.05, 4.69) is 6.58 Å². The van der Waals surface area contributed by atoms with E-state index in [1.165, 1.54) is 18.5 Å². The maximum Gasteiger partial charge on any atom is 0.305 e. The Balaban J connectivity index is 2.42. The summed E-state index contributed by atoms with van der Waals surface area (Å²) in [4.78, 5) is 12.2. The topological polar surface area (TPSA) is 82.1 Å². The Morgan fingerprint density at radius 2 is 1.89 bits per heavy atom. The maximum atomic E-state index is 13.4. The number of hydrogen-bond donors (Lipinski definition) is 0. The van der Waals surface area contributed by atoms with Gasteiger partial charge in [0.2, 0.25) is 10.0 Å². The molecule has 0 bridgehead atoms. The van der Waals surface area contributed by atoms with Gasteiger partial charge >= 0.3 is 5.97 Å². The summed E-state index contributed by atoms with van der Waals surface area (Å²) in [6, 6.07) is 6.20. The number of rotatable bonds is 9. The molecule has 1 saturated heterocycles. The summed E-state index contributed by atoms with van der Waals surface area (Å²) in [5.41, 5.74) is 1.80. The van der Waals surface area contributed by atoms with Crippen LogP contribution in [-0.2, 0) is 29.0 Å². The van der Waals surface area contributed by atoms with Crippen molar-refractivity contribution in [3.8, 4) is 0 Å². The average Bonchev–Trinajstić information content (AvgIpc) is 3.01. The first-order valence-electron chi connectivity index (χ1n) is 9.09. The summed E-state index contributed by atoms with van der Waals surface area (Å²) in [6.45, 7) is 8.16. The zero-order valence-electron chi connectivity index (χ0n) is 16.9. The normalized spacial score (nSPS) is 22.9. The number of ether oxygens (including phenoxy) is 3. The number of sulfonamides is 1. The van der Waals surface area contributed by atoms with Crippen molar-refractivity contribution in [1.29, 1.82) is 0 Å². The van der Waals surface area contributed by atoms with Crippen LogP contribution in [0.3, 0.4) is 0 Å². The summed E-state index contributed by atoms with van der Waals surface area (Å²) in [6.07, 6.45) is 0.0922. The van der Waals surface area contributed by atoms with Gasteiger partial charge in [-0.3, -0.25) is 4.79 Å². The van der Waals surface area contributed by atoms with E-state index in [-0.39, 0.29) is 49.1 Å². The van der Waals surface area contributed by atoms with Gasteiger partial charge in [0.15, 0.2) is 0 Å². The molecule has 7 nitrogen and oxygen atoms in total. The number of benzene rings is 1. The van der Waals surface area contributed by atoms with Crippen LogP contribution in [0.1, 0.15) is 18.9 Å². The fraction of sp³-hybridized carbons (Fsp3) is 0.550. The second-order valence-electron chi connectivity index (χ2n) is 7.13. The molecule has 1 aliphatic heterocycles. The molecule has 0 aliphatic carbocycles. The highest BCUT2D eigenvalue weighted by atomic mass is 32.2. The van der Waals surface area contributed by atoms with E-state index in [0.29, 0.717) is 0 Å². The van der Waals surface area contributed by atoms with Gasteiger partial charge in [-0.15, -0.1) is 0 Å². The van der Waals surface area contributed by atoms with Crippen LogP contribution in [0.15, 0.2) is 41.3 Å². The molecule has 0 aromatic heterocycles. The average molecular weight is 412 g/mol. The van der Waals surface area contributed by atoms with Gasteiger partial charge in [-0.05, 0) is 37.8 Å². The zero-order valence-corrected chi connectivity index (χ0v) is 17.7. The number of esters is 1. The Labute approximate surface area is 167 Å². The molecule has 8 heteroatoms. The minimum atomic E-state index is -3.76. The van der Waals surface area contributed by atoms with Crippen molar-refractivity contribution < 1.29 is 27.4 Å². The summed E-state index contributed by atoms with van der Waals surface area (Å²) >= 11 is 0. The first kappa shape index (κ1) is 22.5. The van der Waals surface area contributed by atoms with Crippen molar-refractivity contribution in [3.63, 3.8) is 0 Å². The lowest BCUT2D eigenvalue weighted by molar-refractivity contribution is -0.142. The van der Waals surface area contributed by atoms with Crippen LogP contribution in [0, 0.1) is 18.8 Å². The van der Waals surface area contributed by atoms with Crippen LogP contribution in [0.25, 0.3) is 0 Å².